The van der Waals surface area contributed by atoms with Crippen LogP contribution >= 0.6 is 11.8 Å². The van der Waals surface area contributed by atoms with Crippen LogP contribution in [0.4, 0.5) is 5.69 Å². The first-order valence-corrected chi connectivity index (χ1v) is 8.46. The predicted molar refractivity (Wildman–Crippen MR) is 95.7 cm³/mol. The van der Waals surface area contributed by atoms with Crippen LogP contribution in [-0.2, 0) is 4.79 Å². The molecule has 124 valence electrons. The lowest BCUT2D eigenvalue weighted by atomic mass is 10.2. The summed E-state index contributed by atoms with van der Waals surface area (Å²) in [6.07, 6.45) is 0. The summed E-state index contributed by atoms with van der Waals surface area (Å²) < 4.78 is 1.71. The van der Waals surface area contributed by atoms with Gasteiger partial charge in [-0.1, -0.05) is 17.8 Å². The minimum absolute atomic E-state index is 0.0943. The molecule has 2 heterocycles. The number of fused-ring (bicyclic) bond motifs is 3. The third-order valence-corrected chi connectivity index (χ3v) is 4.61. The van der Waals surface area contributed by atoms with E-state index in [0.29, 0.717) is 5.65 Å². The maximum atomic E-state index is 11.1. The Morgan fingerprint density at radius 2 is 1.96 bits per heavy atom. The summed E-state index contributed by atoms with van der Waals surface area (Å²) in [6, 6.07) is 13.6. The first-order chi connectivity index (χ1) is 12.1. The largest absolute Gasteiger partial charge is 0.326 e. The highest BCUT2D eigenvalue weighted by Gasteiger charge is 2.13. The Kier molecular flexibility index (Phi) is 3.81. The number of hydrogen-bond donors (Lipinski definition) is 1. The average molecular weight is 350 g/mol. The zero-order chi connectivity index (χ0) is 17.4. The Balaban J connectivity index is 1.74. The van der Waals surface area contributed by atoms with Crippen molar-refractivity contribution in [1.29, 1.82) is 0 Å². The molecule has 4 aromatic rings. The number of anilines is 1. The van der Waals surface area contributed by atoms with Gasteiger partial charge in [-0.25, -0.2) is 4.98 Å². The highest BCUT2D eigenvalue weighted by molar-refractivity contribution is 7.99. The Morgan fingerprint density at radius 3 is 2.72 bits per heavy atom. The standard InChI is InChI=1S/C17H14N6OS/c1-10-3-8-14-15(9-10)23-16(20-21-22-23)17(19-14)25-13-6-4-12(5-7-13)18-11(2)24/h3-9H,1-2H3,(H,18,24). The van der Waals surface area contributed by atoms with Gasteiger partial charge in [0.15, 0.2) is 0 Å². The lowest BCUT2D eigenvalue weighted by molar-refractivity contribution is -0.114. The normalized spacial score (nSPS) is 11.1. The Bertz CT molecular complexity index is 1090. The summed E-state index contributed by atoms with van der Waals surface area (Å²) in [6.45, 7) is 3.51. The van der Waals surface area contributed by atoms with E-state index in [9.17, 15) is 4.79 Å². The van der Waals surface area contributed by atoms with Crippen molar-refractivity contribution < 1.29 is 4.79 Å². The summed E-state index contributed by atoms with van der Waals surface area (Å²) in [5, 5.41) is 15.5. The summed E-state index contributed by atoms with van der Waals surface area (Å²) in [4.78, 5) is 16.8. The van der Waals surface area contributed by atoms with Gasteiger partial charge in [-0.3, -0.25) is 4.79 Å². The number of carbonyl (C=O) groups excluding carboxylic acids is 1. The SMILES string of the molecule is CC(=O)Nc1ccc(Sc2nc3ccc(C)cc3n3nnnc23)cc1. The van der Waals surface area contributed by atoms with E-state index >= 15 is 0 Å². The fourth-order valence-electron chi connectivity index (χ4n) is 2.53. The number of rotatable bonds is 3. The van der Waals surface area contributed by atoms with Crippen molar-refractivity contribution in [2.75, 3.05) is 5.32 Å². The van der Waals surface area contributed by atoms with E-state index < -0.39 is 0 Å². The Hall–Kier alpha value is -3.00. The molecule has 0 aliphatic carbocycles. The number of amides is 1. The van der Waals surface area contributed by atoms with Crippen LogP contribution in [0.25, 0.3) is 16.7 Å². The van der Waals surface area contributed by atoms with Crippen LogP contribution in [0.3, 0.4) is 0 Å². The van der Waals surface area contributed by atoms with Crippen LogP contribution in [0, 0.1) is 6.92 Å². The van der Waals surface area contributed by atoms with Gasteiger partial charge in [0.1, 0.15) is 5.03 Å². The van der Waals surface area contributed by atoms with Crippen LogP contribution in [0.1, 0.15) is 12.5 Å². The van der Waals surface area contributed by atoms with Gasteiger partial charge in [0.25, 0.3) is 0 Å². The smallest absolute Gasteiger partial charge is 0.221 e. The molecule has 4 rings (SSSR count). The molecule has 1 amide bonds. The van der Waals surface area contributed by atoms with Crippen molar-refractivity contribution >= 4 is 40.0 Å². The van der Waals surface area contributed by atoms with E-state index in [1.54, 1.807) is 4.52 Å². The molecule has 2 aromatic carbocycles. The Labute approximate surface area is 147 Å². The second kappa shape index (κ2) is 6.14. The van der Waals surface area contributed by atoms with Gasteiger partial charge in [-0.15, -0.1) is 5.10 Å². The monoisotopic (exact) mass is 350 g/mol. The van der Waals surface area contributed by atoms with Gasteiger partial charge in [-0.05, 0) is 59.3 Å². The van der Waals surface area contributed by atoms with Crippen LogP contribution in [-0.4, -0.2) is 30.9 Å². The minimum Gasteiger partial charge on any atom is -0.326 e. The maximum Gasteiger partial charge on any atom is 0.221 e. The third-order valence-electron chi connectivity index (χ3n) is 3.63. The van der Waals surface area contributed by atoms with E-state index in [-0.39, 0.29) is 5.91 Å². The summed E-state index contributed by atoms with van der Waals surface area (Å²) in [5.74, 6) is -0.0943. The number of aromatic nitrogens is 5. The van der Waals surface area contributed by atoms with E-state index in [1.165, 1.54) is 18.7 Å². The number of benzene rings is 2. The van der Waals surface area contributed by atoms with E-state index in [2.05, 4.69) is 20.8 Å². The summed E-state index contributed by atoms with van der Waals surface area (Å²) in [5.41, 5.74) is 4.22. The average Bonchev–Trinajstić information content (AvgIpc) is 3.07. The van der Waals surface area contributed by atoms with E-state index in [1.807, 2.05) is 49.4 Å². The quantitative estimate of drug-likeness (QED) is 0.611. The van der Waals surface area contributed by atoms with Crippen molar-refractivity contribution in [1.82, 2.24) is 25.0 Å². The molecular formula is C17H14N6OS. The number of tetrazole rings is 1. The zero-order valence-corrected chi connectivity index (χ0v) is 14.4. The molecule has 0 aliphatic heterocycles. The second-order valence-electron chi connectivity index (χ2n) is 5.63. The maximum absolute atomic E-state index is 11.1. The van der Waals surface area contributed by atoms with Gasteiger partial charge in [0.05, 0.1) is 11.0 Å². The first-order valence-electron chi connectivity index (χ1n) is 7.64. The summed E-state index contributed by atoms with van der Waals surface area (Å²) >= 11 is 1.48. The molecule has 2 aromatic heterocycles. The van der Waals surface area contributed by atoms with Gasteiger partial charge in [0, 0.05) is 17.5 Å². The molecule has 0 aliphatic rings. The predicted octanol–water partition coefficient (Wildman–Crippen LogP) is 3.09. The van der Waals surface area contributed by atoms with Gasteiger partial charge in [0.2, 0.25) is 11.6 Å². The molecule has 7 nitrogen and oxygen atoms in total. The van der Waals surface area contributed by atoms with Crippen LogP contribution in [0.5, 0.6) is 0 Å². The highest BCUT2D eigenvalue weighted by Crippen LogP contribution is 2.31. The fraction of sp³-hybridized carbons (Fsp3) is 0.118. The molecule has 0 saturated carbocycles. The molecular weight excluding hydrogens is 336 g/mol. The van der Waals surface area contributed by atoms with E-state index in [4.69, 9.17) is 4.98 Å². The fourth-order valence-corrected chi connectivity index (χ4v) is 3.39. The van der Waals surface area contributed by atoms with Gasteiger partial charge >= 0.3 is 0 Å². The molecule has 1 N–H and O–H groups in total. The zero-order valence-electron chi connectivity index (χ0n) is 13.6. The molecule has 0 saturated heterocycles. The molecule has 0 spiro atoms. The number of nitrogens with zero attached hydrogens (tertiary/aromatic N) is 5. The third kappa shape index (κ3) is 3.03. The lowest BCUT2D eigenvalue weighted by Gasteiger charge is -2.07. The number of nitrogens with one attached hydrogen (secondary N) is 1. The molecule has 0 unspecified atom stereocenters. The molecule has 0 radical (unpaired) electrons. The minimum atomic E-state index is -0.0943. The summed E-state index contributed by atoms with van der Waals surface area (Å²) in [7, 11) is 0. The number of hydrogen-bond acceptors (Lipinski definition) is 6. The molecule has 0 atom stereocenters. The lowest BCUT2D eigenvalue weighted by Crippen LogP contribution is -2.05. The van der Waals surface area contributed by atoms with Crippen molar-refractivity contribution in [3.8, 4) is 0 Å². The van der Waals surface area contributed by atoms with Crippen molar-refractivity contribution in [3.63, 3.8) is 0 Å². The van der Waals surface area contributed by atoms with Crippen LogP contribution in [0.15, 0.2) is 52.4 Å². The van der Waals surface area contributed by atoms with Crippen molar-refractivity contribution in [3.05, 3.63) is 48.0 Å². The molecule has 25 heavy (non-hydrogen) atoms. The van der Waals surface area contributed by atoms with Crippen molar-refractivity contribution in [2.45, 2.75) is 23.8 Å². The van der Waals surface area contributed by atoms with Crippen molar-refractivity contribution in [2.24, 2.45) is 0 Å². The topological polar surface area (TPSA) is 85.1 Å². The van der Waals surface area contributed by atoms with Gasteiger partial charge in [-0.2, -0.15) is 4.52 Å². The second-order valence-corrected chi connectivity index (χ2v) is 6.69. The first kappa shape index (κ1) is 15.5. The van der Waals surface area contributed by atoms with Gasteiger partial charge < -0.3 is 5.32 Å². The highest BCUT2D eigenvalue weighted by atomic mass is 32.2. The number of aryl methyl sites for hydroxylation is 1. The van der Waals surface area contributed by atoms with Crippen LogP contribution in [0.2, 0.25) is 0 Å². The molecule has 8 heteroatoms. The Morgan fingerprint density at radius 1 is 1.16 bits per heavy atom. The van der Waals surface area contributed by atoms with Crippen LogP contribution < -0.4 is 5.32 Å². The molecule has 0 bridgehead atoms. The van der Waals surface area contributed by atoms with E-state index in [0.717, 1.165) is 32.2 Å². The number of carbonyl (C=O) groups is 1. The molecule has 0 fully saturated rings.